The van der Waals surface area contributed by atoms with E-state index in [2.05, 4.69) is 5.32 Å². The van der Waals surface area contributed by atoms with Crippen molar-refractivity contribution >= 4 is 11.9 Å². The highest BCUT2D eigenvalue weighted by atomic mass is 16.5. The fraction of sp³-hybridized carbons (Fsp3) is 0.846. The number of methoxy groups -OCH3 is 1. The molecule has 1 amide bonds. The van der Waals surface area contributed by atoms with E-state index in [1.807, 2.05) is 0 Å². The van der Waals surface area contributed by atoms with Crippen LogP contribution in [0.5, 0.6) is 0 Å². The van der Waals surface area contributed by atoms with Crippen molar-refractivity contribution in [2.24, 2.45) is 11.8 Å². The molecule has 0 saturated heterocycles. The van der Waals surface area contributed by atoms with E-state index in [1.165, 1.54) is 0 Å². The molecule has 18 heavy (non-hydrogen) atoms. The first-order chi connectivity index (χ1) is 8.61. The summed E-state index contributed by atoms with van der Waals surface area (Å²) in [6.07, 6.45) is 4.63. The van der Waals surface area contributed by atoms with E-state index in [4.69, 9.17) is 9.84 Å². The molecule has 5 heteroatoms. The molecule has 1 unspecified atom stereocenters. The first kappa shape index (κ1) is 13.3. The number of carbonyl (C=O) groups is 2. The molecule has 2 aliphatic carbocycles. The van der Waals surface area contributed by atoms with Crippen LogP contribution < -0.4 is 5.32 Å². The molecule has 2 N–H and O–H groups in total. The zero-order valence-corrected chi connectivity index (χ0v) is 10.7. The summed E-state index contributed by atoms with van der Waals surface area (Å²) in [6.45, 7) is 0. The molecule has 0 aromatic rings. The third kappa shape index (κ3) is 3.22. The molecule has 2 saturated carbocycles. The highest BCUT2D eigenvalue weighted by molar-refractivity contribution is 5.81. The van der Waals surface area contributed by atoms with E-state index in [1.54, 1.807) is 7.11 Å². The standard InChI is InChI=1S/C13H21NO4/c1-18-11(8-2-3-8)12(15)14-10-6-4-9(5-7-10)13(16)17/h8-11H,2-7H2,1H3,(H,14,15)(H,16,17). The first-order valence-corrected chi connectivity index (χ1v) is 6.67. The minimum Gasteiger partial charge on any atom is -0.481 e. The van der Waals surface area contributed by atoms with Crippen molar-refractivity contribution in [2.75, 3.05) is 7.11 Å². The van der Waals surface area contributed by atoms with Crippen LogP contribution in [0.15, 0.2) is 0 Å². The van der Waals surface area contributed by atoms with Crippen molar-refractivity contribution in [1.29, 1.82) is 0 Å². The number of carboxylic acid groups (broad SMARTS) is 1. The molecule has 0 heterocycles. The Morgan fingerprint density at radius 1 is 1.17 bits per heavy atom. The monoisotopic (exact) mass is 255 g/mol. The van der Waals surface area contributed by atoms with E-state index < -0.39 is 5.97 Å². The topological polar surface area (TPSA) is 75.6 Å². The maximum absolute atomic E-state index is 12.0. The fourth-order valence-corrected chi connectivity index (χ4v) is 2.68. The average molecular weight is 255 g/mol. The maximum Gasteiger partial charge on any atom is 0.306 e. The van der Waals surface area contributed by atoms with E-state index in [0.29, 0.717) is 18.8 Å². The van der Waals surface area contributed by atoms with Gasteiger partial charge in [0, 0.05) is 13.2 Å². The summed E-state index contributed by atoms with van der Waals surface area (Å²) in [5, 5.41) is 11.9. The van der Waals surface area contributed by atoms with Gasteiger partial charge in [-0.3, -0.25) is 9.59 Å². The molecule has 102 valence electrons. The lowest BCUT2D eigenvalue weighted by atomic mass is 9.86. The van der Waals surface area contributed by atoms with Crippen molar-refractivity contribution < 1.29 is 19.4 Å². The average Bonchev–Trinajstić information content (AvgIpc) is 3.15. The number of carbonyl (C=O) groups excluding carboxylic acids is 1. The van der Waals surface area contributed by atoms with Gasteiger partial charge in [0.25, 0.3) is 0 Å². The van der Waals surface area contributed by atoms with Gasteiger partial charge in [0.05, 0.1) is 5.92 Å². The lowest BCUT2D eigenvalue weighted by molar-refractivity contribution is -0.143. The normalized spacial score (nSPS) is 29.6. The van der Waals surface area contributed by atoms with Crippen LogP contribution in [0.4, 0.5) is 0 Å². The lowest BCUT2D eigenvalue weighted by Crippen LogP contribution is -2.45. The number of nitrogens with one attached hydrogen (secondary N) is 1. The molecular weight excluding hydrogens is 234 g/mol. The molecule has 5 nitrogen and oxygen atoms in total. The number of carboxylic acids is 1. The van der Waals surface area contributed by atoms with E-state index in [0.717, 1.165) is 25.7 Å². The van der Waals surface area contributed by atoms with E-state index >= 15 is 0 Å². The van der Waals surface area contributed by atoms with Crippen molar-refractivity contribution in [3.63, 3.8) is 0 Å². The van der Waals surface area contributed by atoms with Crippen LogP contribution in [-0.2, 0) is 14.3 Å². The Balaban J connectivity index is 1.76. The first-order valence-electron chi connectivity index (χ1n) is 6.67. The Labute approximate surface area is 107 Å². The molecule has 0 radical (unpaired) electrons. The van der Waals surface area contributed by atoms with Gasteiger partial charge in [0.1, 0.15) is 6.10 Å². The van der Waals surface area contributed by atoms with Crippen molar-refractivity contribution in [3.05, 3.63) is 0 Å². The molecule has 1 atom stereocenters. The van der Waals surface area contributed by atoms with Gasteiger partial charge in [-0.1, -0.05) is 0 Å². The second-order valence-electron chi connectivity index (χ2n) is 5.39. The van der Waals surface area contributed by atoms with Crippen LogP contribution in [0.25, 0.3) is 0 Å². The molecule has 0 aromatic carbocycles. The van der Waals surface area contributed by atoms with Gasteiger partial charge >= 0.3 is 5.97 Å². The van der Waals surface area contributed by atoms with Gasteiger partial charge < -0.3 is 15.2 Å². The van der Waals surface area contributed by atoms with Crippen LogP contribution in [0.3, 0.4) is 0 Å². The van der Waals surface area contributed by atoms with Gasteiger partial charge in [0.15, 0.2) is 0 Å². The number of rotatable bonds is 5. The molecule has 2 rings (SSSR count). The summed E-state index contributed by atoms with van der Waals surface area (Å²) in [5.74, 6) is -0.600. The molecule has 0 bridgehead atoms. The van der Waals surface area contributed by atoms with Crippen molar-refractivity contribution in [3.8, 4) is 0 Å². The Morgan fingerprint density at radius 2 is 1.78 bits per heavy atom. The van der Waals surface area contributed by atoms with Crippen LogP contribution >= 0.6 is 0 Å². The number of hydrogen-bond donors (Lipinski definition) is 2. The third-order valence-electron chi connectivity index (χ3n) is 3.99. The van der Waals surface area contributed by atoms with Crippen LogP contribution in [0, 0.1) is 11.8 Å². The second-order valence-corrected chi connectivity index (χ2v) is 5.39. The SMILES string of the molecule is COC(C(=O)NC1CCC(C(=O)O)CC1)C1CC1. The predicted molar refractivity (Wildman–Crippen MR) is 65.0 cm³/mol. The quantitative estimate of drug-likeness (QED) is 0.773. The Kier molecular flexibility index (Phi) is 4.22. The minimum absolute atomic E-state index is 0.0289. The van der Waals surface area contributed by atoms with Gasteiger partial charge in [-0.15, -0.1) is 0 Å². The summed E-state index contributed by atoms with van der Waals surface area (Å²) in [7, 11) is 1.57. The number of amides is 1. The summed E-state index contributed by atoms with van der Waals surface area (Å²) in [5.41, 5.74) is 0. The Hall–Kier alpha value is -1.10. The fourth-order valence-electron chi connectivity index (χ4n) is 2.68. The Bertz CT molecular complexity index is 319. The predicted octanol–water partition coefficient (Wildman–Crippen LogP) is 1.17. The molecule has 2 fully saturated rings. The van der Waals surface area contributed by atoms with Crippen LogP contribution in [0.2, 0.25) is 0 Å². The number of aliphatic carboxylic acids is 1. The van der Waals surface area contributed by atoms with Crippen LogP contribution in [0.1, 0.15) is 38.5 Å². The minimum atomic E-state index is -0.715. The molecular formula is C13H21NO4. The molecule has 0 spiro atoms. The molecule has 2 aliphatic rings. The molecule has 0 aromatic heterocycles. The largest absolute Gasteiger partial charge is 0.481 e. The Morgan fingerprint density at radius 3 is 2.22 bits per heavy atom. The summed E-state index contributed by atoms with van der Waals surface area (Å²) in [4.78, 5) is 22.8. The smallest absolute Gasteiger partial charge is 0.306 e. The highest BCUT2D eigenvalue weighted by Gasteiger charge is 2.37. The second kappa shape index (κ2) is 5.69. The maximum atomic E-state index is 12.0. The van der Waals surface area contributed by atoms with Gasteiger partial charge in [-0.05, 0) is 44.4 Å². The van der Waals surface area contributed by atoms with E-state index in [9.17, 15) is 9.59 Å². The number of hydrogen-bond acceptors (Lipinski definition) is 3. The highest BCUT2D eigenvalue weighted by Crippen LogP contribution is 2.34. The van der Waals surface area contributed by atoms with Crippen LogP contribution in [-0.4, -0.2) is 36.2 Å². The number of ether oxygens (including phenoxy) is 1. The lowest BCUT2D eigenvalue weighted by Gasteiger charge is -2.28. The van der Waals surface area contributed by atoms with Crippen molar-refractivity contribution in [1.82, 2.24) is 5.32 Å². The summed E-state index contributed by atoms with van der Waals surface area (Å²) in [6, 6.07) is 0.115. The van der Waals surface area contributed by atoms with Gasteiger partial charge in [-0.2, -0.15) is 0 Å². The molecule has 0 aliphatic heterocycles. The zero-order valence-electron chi connectivity index (χ0n) is 10.7. The van der Waals surface area contributed by atoms with Gasteiger partial charge in [0.2, 0.25) is 5.91 Å². The summed E-state index contributed by atoms with van der Waals surface area (Å²) >= 11 is 0. The van der Waals surface area contributed by atoms with Crippen molar-refractivity contribution in [2.45, 2.75) is 50.7 Å². The third-order valence-corrected chi connectivity index (χ3v) is 3.99. The van der Waals surface area contributed by atoms with E-state index in [-0.39, 0.29) is 24.0 Å². The summed E-state index contributed by atoms with van der Waals surface area (Å²) < 4.78 is 5.23. The zero-order chi connectivity index (χ0) is 13.1. The van der Waals surface area contributed by atoms with Gasteiger partial charge in [-0.25, -0.2) is 0 Å².